The van der Waals surface area contributed by atoms with Crippen molar-refractivity contribution in [2.24, 2.45) is 0 Å². The highest BCUT2D eigenvalue weighted by atomic mass is 17.2. The van der Waals surface area contributed by atoms with Crippen LogP contribution in [0.2, 0.25) is 0 Å². The topological polar surface area (TPSA) is 71.1 Å². The first-order valence-corrected chi connectivity index (χ1v) is 3.46. The molecule has 0 bridgehead atoms. The van der Waals surface area contributed by atoms with Crippen LogP contribution in [0.25, 0.3) is 0 Å². The van der Waals surface area contributed by atoms with E-state index in [0.29, 0.717) is 0 Å². The molecule has 13 heavy (non-hydrogen) atoms. The van der Waals surface area contributed by atoms with E-state index in [9.17, 15) is 9.59 Å². The van der Waals surface area contributed by atoms with Gasteiger partial charge in [-0.2, -0.15) is 9.78 Å². The Morgan fingerprint density at radius 2 is 1.69 bits per heavy atom. The summed E-state index contributed by atoms with van der Waals surface area (Å²) in [5.41, 5.74) is 0. The van der Waals surface area contributed by atoms with Gasteiger partial charge in [0.15, 0.2) is 0 Å². The van der Waals surface area contributed by atoms with Gasteiger partial charge >= 0.3 is 11.9 Å². The molecule has 0 rings (SSSR count). The smallest absolute Gasteiger partial charge is 0.294 e. The molecule has 0 unspecified atom stereocenters. The van der Waals surface area contributed by atoms with Crippen LogP contribution < -0.4 is 0 Å². The Kier molecular flexibility index (Phi) is 6.48. The van der Waals surface area contributed by atoms with E-state index in [-0.39, 0.29) is 6.61 Å². The fraction of sp³-hybridized carbons (Fsp3) is 0.429. The highest BCUT2D eigenvalue weighted by molar-refractivity contribution is 5.91. The Labute approximate surface area is 74.9 Å². The molecule has 0 aliphatic heterocycles. The number of carbonyl (C=O) groups excluding carboxylic acids is 2. The molecule has 0 aromatic carbocycles. The van der Waals surface area contributed by atoms with E-state index in [1.54, 1.807) is 6.92 Å². The van der Waals surface area contributed by atoms with E-state index in [4.69, 9.17) is 0 Å². The lowest BCUT2D eigenvalue weighted by Crippen LogP contribution is -2.04. The first-order chi connectivity index (χ1) is 6.20. The Balaban J connectivity index is 3.69. The molecule has 0 aromatic heterocycles. The van der Waals surface area contributed by atoms with E-state index in [0.717, 1.165) is 12.2 Å². The molecule has 0 aliphatic carbocycles. The Bertz CT molecular complexity index is 197. The molecule has 0 saturated carbocycles. The van der Waals surface area contributed by atoms with E-state index in [1.807, 2.05) is 0 Å². The van der Waals surface area contributed by atoms with Crippen molar-refractivity contribution >= 4 is 11.9 Å². The monoisotopic (exact) mass is 190 g/mol. The molecule has 0 radical (unpaired) electrons. The average Bonchev–Trinajstić information content (AvgIpc) is 2.12. The maximum Gasteiger partial charge on any atom is 0.366 e. The minimum atomic E-state index is -0.809. The third-order valence-electron chi connectivity index (χ3n) is 0.780. The summed E-state index contributed by atoms with van der Waals surface area (Å²) in [7, 11) is 1.17. The molecule has 0 heterocycles. The van der Waals surface area contributed by atoms with Crippen LogP contribution in [0.4, 0.5) is 0 Å². The summed E-state index contributed by atoms with van der Waals surface area (Å²) in [5, 5.41) is 0. The summed E-state index contributed by atoms with van der Waals surface area (Å²) in [6.45, 7) is 1.89. The third kappa shape index (κ3) is 6.98. The first-order valence-electron chi connectivity index (χ1n) is 3.46. The summed E-state index contributed by atoms with van der Waals surface area (Å²) in [4.78, 5) is 37.7. The highest BCUT2D eigenvalue weighted by Gasteiger charge is 2.00. The van der Waals surface area contributed by atoms with Crippen molar-refractivity contribution in [2.75, 3.05) is 13.7 Å². The van der Waals surface area contributed by atoms with Gasteiger partial charge in [0, 0.05) is 12.2 Å². The normalized spacial score (nSPS) is 10.0. The van der Waals surface area contributed by atoms with Gasteiger partial charge in [-0.3, -0.25) is 9.78 Å². The van der Waals surface area contributed by atoms with E-state index in [2.05, 4.69) is 19.6 Å². The van der Waals surface area contributed by atoms with Gasteiger partial charge in [-0.1, -0.05) is 0 Å². The quantitative estimate of drug-likeness (QED) is 0.349. The number of carbonyl (C=O) groups is 2. The van der Waals surface area contributed by atoms with E-state index < -0.39 is 11.9 Å². The van der Waals surface area contributed by atoms with Gasteiger partial charge in [-0.05, 0) is 6.92 Å². The maximum atomic E-state index is 10.6. The summed E-state index contributed by atoms with van der Waals surface area (Å²) < 4.78 is 0. The second-order valence-corrected chi connectivity index (χ2v) is 1.71. The Morgan fingerprint density at radius 3 is 2.15 bits per heavy atom. The number of hydrogen-bond acceptors (Lipinski definition) is 6. The van der Waals surface area contributed by atoms with Gasteiger partial charge in [0.1, 0.15) is 0 Å². The van der Waals surface area contributed by atoms with Crippen LogP contribution >= 0.6 is 0 Å². The SMILES string of the molecule is CCOOC(=O)/C=C\C(=O)OOC. The fourth-order valence-corrected chi connectivity index (χ4v) is 0.391. The van der Waals surface area contributed by atoms with Crippen molar-refractivity contribution in [3.8, 4) is 0 Å². The number of hydrogen-bond donors (Lipinski definition) is 0. The molecule has 0 spiro atoms. The summed E-state index contributed by atoms with van der Waals surface area (Å²) >= 11 is 0. The molecule has 74 valence electrons. The largest absolute Gasteiger partial charge is 0.366 e. The first kappa shape index (κ1) is 11.6. The molecule has 0 N–H and O–H groups in total. The van der Waals surface area contributed by atoms with Crippen molar-refractivity contribution in [2.45, 2.75) is 6.92 Å². The highest BCUT2D eigenvalue weighted by Crippen LogP contribution is 1.86. The summed E-state index contributed by atoms with van der Waals surface area (Å²) in [6.07, 6.45) is 1.71. The van der Waals surface area contributed by atoms with Crippen LogP contribution in [0.5, 0.6) is 0 Å². The van der Waals surface area contributed by atoms with Crippen molar-refractivity contribution in [1.82, 2.24) is 0 Å². The maximum absolute atomic E-state index is 10.6. The van der Waals surface area contributed by atoms with Crippen LogP contribution in [0.15, 0.2) is 12.2 Å². The average molecular weight is 190 g/mol. The zero-order chi connectivity index (χ0) is 10.1. The molecule has 6 heteroatoms. The van der Waals surface area contributed by atoms with Crippen LogP contribution in [0.1, 0.15) is 6.92 Å². The van der Waals surface area contributed by atoms with Gasteiger partial charge in [-0.15, -0.1) is 0 Å². The van der Waals surface area contributed by atoms with Crippen LogP contribution in [0, 0.1) is 0 Å². The molecule has 0 aliphatic rings. The number of rotatable bonds is 5. The standard InChI is InChI=1S/C7H10O6/c1-3-11-13-7(9)5-4-6(8)12-10-2/h4-5H,3H2,1-2H3/b5-4-. The molecular formula is C7H10O6. The molecule has 0 aromatic rings. The van der Waals surface area contributed by atoms with Crippen LogP contribution in [0.3, 0.4) is 0 Å². The zero-order valence-corrected chi connectivity index (χ0v) is 7.31. The van der Waals surface area contributed by atoms with E-state index >= 15 is 0 Å². The van der Waals surface area contributed by atoms with Crippen molar-refractivity contribution < 1.29 is 29.1 Å². The summed E-state index contributed by atoms with van der Waals surface area (Å²) in [6, 6.07) is 0. The Hall–Kier alpha value is -1.40. The lowest BCUT2D eigenvalue weighted by Gasteiger charge is -1.95. The van der Waals surface area contributed by atoms with Gasteiger partial charge in [0.2, 0.25) is 0 Å². The molecule has 0 atom stereocenters. The second-order valence-electron chi connectivity index (χ2n) is 1.71. The van der Waals surface area contributed by atoms with E-state index in [1.165, 1.54) is 7.11 Å². The minimum absolute atomic E-state index is 0.238. The molecule has 0 amide bonds. The lowest BCUT2D eigenvalue weighted by atomic mass is 10.5. The zero-order valence-electron chi connectivity index (χ0n) is 7.31. The van der Waals surface area contributed by atoms with Gasteiger partial charge < -0.3 is 0 Å². The second kappa shape index (κ2) is 7.26. The van der Waals surface area contributed by atoms with Gasteiger partial charge in [0.05, 0.1) is 13.7 Å². The lowest BCUT2D eigenvalue weighted by molar-refractivity contribution is -0.264. The fourth-order valence-electron chi connectivity index (χ4n) is 0.391. The van der Waals surface area contributed by atoms with Gasteiger partial charge in [-0.25, -0.2) is 9.59 Å². The predicted octanol–water partition coefficient (Wildman–Crippen LogP) is 0.142. The summed E-state index contributed by atoms with van der Waals surface area (Å²) in [5.74, 6) is -1.61. The molecule has 0 saturated heterocycles. The minimum Gasteiger partial charge on any atom is -0.294 e. The molecular weight excluding hydrogens is 180 g/mol. The predicted molar refractivity (Wildman–Crippen MR) is 40.0 cm³/mol. The van der Waals surface area contributed by atoms with Gasteiger partial charge in [0.25, 0.3) is 0 Å². The molecule has 0 fully saturated rings. The third-order valence-corrected chi connectivity index (χ3v) is 0.780. The van der Waals surface area contributed by atoms with Crippen molar-refractivity contribution in [3.63, 3.8) is 0 Å². The van der Waals surface area contributed by atoms with Crippen molar-refractivity contribution in [3.05, 3.63) is 12.2 Å². The van der Waals surface area contributed by atoms with Crippen LogP contribution in [-0.4, -0.2) is 25.7 Å². The Morgan fingerprint density at radius 1 is 1.15 bits per heavy atom. The van der Waals surface area contributed by atoms with Crippen LogP contribution in [-0.2, 0) is 29.1 Å². The van der Waals surface area contributed by atoms with Crippen molar-refractivity contribution in [1.29, 1.82) is 0 Å². The molecule has 6 nitrogen and oxygen atoms in total.